The zero-order valence-electron chi connectivity index (χ0n) is 11.6. The number of nitrogens with one attached hydrogen (secondary N) is 1. The van der Waals surface area contributed by atoms with Gasteiger partial charge in [0.25, 0.3) is 10.0 Å². The summed E-state index contributed by atoms with van der Waals surface area (Å²) in [5, 5.41) is 0. The molecule has 2 aromatic rings. The number of nitrogens with two attached hydrogens (primary N) is 1. The minimum absolute atomic E-state index is 0.0935. The zero-order chi connectivity index (χ0) is 15.6. The Labute approximate surface area is 132 Å². The van der Waals surface area contributed by atoms with Gasteiger partial charge in [0.05, 0.1) is 7.11 Å². The van der Waals surface area contributed by atoms with E-state index in [0.29, 0.717) is 21.6 Å². The molecule has 3 N–H and O–H groups in total. The highest BCUT2D eigenvalue weighted by atomic mass is 79.9. The number of sulfonamides is 1. The second kappa shape index (κ2) is 5.95. The fraction of sp³-hybridized carbons (Fsp3) is 0.143. The van der Waals surface area contributed by atoms with Crippen LogP contribution in [-0.4, -0.2) is 15.5 Å². The van der Waals surface area contributed by atoms with Gasteiger partial charge in [-0.15, -0.1) is 0 Å². The first-order valence-corrected chi connectivity index (χ1v) is 8.33. The largest absolute Gasteiger partial charge is 0.496 e. The molecule has 0 saturated heterocycles. The fourth-order valence-electron chi connectivity index (χ4n) is 1.88. The number of methoxy groups -OCH3 is 1. The Morgan fingerprint density at radius 3 is 2.52 bits per heavy atom. The van der Waals surface area contributed by atoms with Crippen molar-refractivity contribution in [1.82, 2.24) is 0 Å². The van der Waals surface area contributed by atoms with Crippen LogP contribution in [0.2, 0.25) is 0 Å². The lowest BCUT2D eigenvalue weighted by Gasteiger charge is -2.12. The lowest BCUT2D eigenvalue weighted by atomic mass is 10.2. The SMILES string of the molecule is COc1ccc(NS(=O)(=O)c2cc(N)ccc2Br)cc1C. The van der Waals surface area contributed by atoms with E-state index in [1.165, 1.54) is 6.07 Å². The Morgan fingerprint density at radius 2 is 1.90 bits per heavy atom. The summed E-state index contributed by atoms with van der Waals surface area (Å²) in [7, 11) is -2.16. The molecule has 0 radical (unpaired) electrons. The van der Waals surface area contributed by atoms with Crippen LogP contribution < -0.4 is 15.2 Å². The van der Waals surface area contributed by atoms with Crippen molar-refractivity contribution in [2.24, 2.45) is 0 Å². The van der Waals surface area contributed by atoms with E-state index in [2.05, 4.69) is 20.7 Å². The average Bonchev–Trinajstić information content (AvgIpc) is 2.41. The molecule has 2 rings (SSSR count). The van der Waals surface area contributed by atoms with E-state index in [9.17, 15) is 8.42 Å². The molecule has 112 valence electrons. The van der Waals surface area contributed by atoms with Gasteiger partial charge in [-0.25, -0.2) is 8.42 Å². The summed E-state index contributed by atoms with van der Waals surface area (Å²) in [5.74, 6) is 0.697. The third kappa shape index (κ3) is 3.48. The fourth-order valence-corrected chi connectivity index (χ4v) is 3.93. The second-order valence-electron chi connectivity index (χ2n) is 4.48. The van der Waals surface area contributed by atoms with Gasteiger partial charge in [0.15, 0.2) is 0 Å². The first-order valence-electron chi connectivity index (χ1n) is 6.06. The molecule has 0 bridgehead atoms. The molecule has 0 fully saturated rings. The van der Waals surface area contributed by atoms with Crippen molar-refractivity contribution in [3.8, 4) is 5.75 Å². The molecule has 0 amide bonds. The molecule has 0 aromatic heterocycles. The number of aryl methyl sites for hydroxylation is 1. The van der Waals surface area contributed by atoms with Crippen LogP contribution in [0.25, 0.3) is 0 Å². The van der Waals surface area contributed by atoms with Crippen molar-refractivity contribution in [2.45, 2.75) is 11.8 Å². The van der Waals surface area contributed by atoms with Crippen molar-refractivity contribution in [3.63, 3.8) is 0 Å². The van der Waals surface area contributed by atoms with Gasteiger partial charge in [0.2, 0.25) is 0 Å². The molecule has 0 aliphatic heterocycles. The van der Waals surface area contributed by atoms with E-state index < -0.39 is 10.0 Å². The van der Waals surface area contributed by atoms with Crippen LogP contribution in [0.15, 0.2) is 45.8 Å². The average molecular weight is 371 g/mol. The first kappa shape index (κ1) is 15.7. The summed E-state index contributed by atoms with van der Waals surface area (Å²) in [4.78, 5) is 0.0935. The first-order chi connectivity index (χ1) is 9.83. The minimum Gasteiger partial charge on any atom is -0.496 e. The molecule has 5 nitrogen and oxygen atoms in total. The van der Waals surface area contributed by atoms with Crippen molar-refractivity contribution < 1.29 is 13.2 Å². The van der Waals surface area contributed by atoms with Crippen molar-refractivity contribution in [1.29, 1.82) is 0 Å². The quantitative estimate of drug-likeness (QED) is 0.809. The Balaban J connectivity index is 2.37. The van der Waals surface area contributed by atoms with Crippen molar-refractivity contribution >= 4 is 37.3 Å². The zero-order valence-corrected chi connectivity index (χ0v) is 14.0. The van der Waals surface area contributed by atoms with Gasteiger partial charge < -0.3 is 10.5 Å². The summed E-state index contributed by atoms with van der Waals surface area (Å²) in [6, 6.07) is 9.69. The molecular formula is C14H15BrN2O3S. The van der Waals surface area contributed by atoms with Gasteiger partial charge in [-0.2, -0.15) is 0 Å². The molecular weight excluding hydrogens is 356 g/mol. The smallest absolute Gasteiger partial charge is 0.263 e. The van der Waals surface area contributed by atoms with E-state index in [1.807, 2.05) is 6.92 Å². The molecule has 0 unspecified atom stereocenters. The number of ether oxygens (including phenoxy) is 1. The summed E-state index contributed by atoms with van der Waals surface area (Å²) in [6.45, 7) is 1.84. The van der Waals surface area contributed by atoms with Crippen LogP contribution in [0.4, 0.5) is 11.4 Å². The normalized spacial score (nSPS) is 11.2. The van der Waals surface area contributed by atoms with Crippen molar-refractivity contribution in [2.75, 3.05) is 17.6 Å². The molecule has 0 aliphatic carbocycles. The van der Waals surface area contributed by atoms with E-state index in [0.717, 1.165) is 5.56 Å². The molecule has 0 aliphatic rings. The summed E-state index contributed by atoms with van der Waals surface area (Å²) in [6.07, 6.45) is 0. The monoisotopic (exact) mass is 370 g/mol. The topological polar surface area (TPSA) is 81.4 Å². The maximum Gasteiger partial charge on any atom is 0.263 e. The van der Waals surface area contributed by atoms with E-state index in [-0.39, 0.29) is 4.90 Å². The van der Waals surface area contributed by atoms with Crippen molar-refractivity contribution in [3.05, 3.63) is 46.4 Å². The number of anilines is 2. The molecule has 0 spiro atoms. The van der Waals surface area contributed by atoms with Crippen LogP contribution >= 0.6 is 15.9 Å². The summed E-state index contributed by atoms with van der Waals surface area (Å²) >= 11 is 3.22. The predicted molar refractivity (Wildman–Crippen MR) is 87.1 cm³/mol. The minimum atomic E-state index is -3.72. The second-order valence-corrected chi connectivity index (χ2v) is 6.98. The van der Waals surface area contributed by atoms with Crippen LogP contribution in [0.3, 0.4) is 0 Å². The van der Waals surface area contributed by atoms with Crippen LogP contribution in [0.5, 0.6) is 5.75 Å². The molecule has 2 aromatic carbocycles. The van der Waals surface area contributed by atoms with Gasteiger partial charge in [-0.1, -0.05) is 0 Å². The van der Waals surface area contributed by atoms with E-state index >= 15 is 0 Å². The van der Waals surface area contributed by atoms with Gasteiger partial charge in [-0.3, -0.25) is 4.72 Å². The van der Waals surface area contributed by atoms with Gasteiger partial charge in [0.1, 0.15) is 10.6 Å². The summed E-state index contributed by atoms with van der Waals surface area (Å²) < 4.78 is 33.0. The maximum absolute atomic E-state index is 12.4. The number of halogens is 1. The van der Waals surface area contributed by atoms with E-state index in [4.69, 9.17) is 10.5 Å². The highest BCUT2D eigenvalue weighted by molar-refractivity contribution is 9.10. The predicted octanol–water partition coefficient (Wildman–Crippen LogP) is 3.15. The number of rotatable bonds is 4. The molecule has 21 heavy (non-hydrogen) atoms. The van der Waals surface area contributed by atoms with Crippen LogP contribution in [0.1, 0.15) is 5.56 Å². The Hall–Kier alpha value is -1.73. The third-order valence-electron chi connectivity index (χ3n) is 2.89. The Kier molecular flexibility index (Phi) is 4.43. The Bertz CT molecular complexity index is 776. The number of nitrogen functional groups attached to an aromatic ring is 1. The van der Waals surface area contributed by atoms with Gasteiger partial charge in [-0.05, 0) is 64.8 Å². The number of hydrogen-bond acceptors (Lipinski definition) is 4. The van der Waals surface area contributed by atoms with Crippen LogP contribution in [0, 0.1) is 6.92 Å². The molecule has 0 heterocycles. The lowest BCUT2D eigenvalue weighted by molar-refractivity contribution is 0.412. The van der Waals surface area contributed by atoms with Gasteiger partial charge >= 0.3 is 0 Å². The number of benzene rings is 2. The van der Waals surface area contributed by atoms with Gasteiger partial charge in [0, 0.05) is 15.8 Å². The standard InChI is InChI=1S/C14H15BrN2O3S/c1-9-7-11(4-6-13(9)20-2)17-21(18,19)14-8-10(16)3-5-12(14)15/h3-8,17H,16H2,1-2H3. The van der Waals surface area contributed by atoms with Crippen LogP contribution in [-0.2, 0) is 10.0 Å². The Morgan fingerprint density at radius 1 is 1.19 bits per heavy atom. The molecule has 0 saturated carbocycles. The lowest BCUT2D eigenvalue weighted by Crippen LogP contribution is -2.14. The molecule has 0 atom stereocenters. The molecule has 7 heteroatoms. The maximum atomic E-state index is 12.4. The number of hydrogen-bond donors (Lipinski definition) is 2. The highest BCUT2D eigenvalue weighted by Crippen LogP contribution is 2.28. The third-order valence-corrected chi connectivity index (χ3v) is 5.27. The van der Waals surface area contributed by atoms with E-state index in [1.54, 1.807) is 37.4 Å². The summed E-state index contributed by atoms with van der Waals surface area (Å²) in [5.41, 5.74) is 7.33. The highest BCUT2D eigenvalue weighted by Gasteiger charge is 2.18.